The van der Waals surface area contributed by atoms with Gasteiger partial charge in [-0.1, -0.05) is 123 Å². The molecule has 4 heteroatoms. The van der Waals surface area contributed by atoms with Crippen LogP contribution in [0.2, 0.25) is 0 Å². The van der Waals surface area contributed by atoms with E-state index in [9.17, 15) is 10.5 Å². The van der Waals surface area contributed by atoms with Crippen molar-refractivity contribution < 1.29 is 0 Å². The van der Waals surface area contributed by atoms with Crippen LogP contribution in [0.5, 0.6) is 0 Å². The Labute approximate surface area is 294 Å². The summed E-state index contributed by atoms with van der Waals surface area (Å²) in [5.74, 6) is 0.725. The predicted octanol–water partition coefficient (Wildman–Crippen LogP) is 10.9. The summed E-state index contributed by atoms with van der Waals surface area (Å²) in [4.78, 5) is 4.80. The Hall–Kier alpha value is -6.10. The quantitative estimate of drug-likeness (QED) is 0.183. The first-order valence-corrected chi connectivity index (χ1v) is 17.5. The molecule has 240 valence electrons. The van der Waals surface area contributed by atoms with Crippen molar-refractivity contribution in [2.45, 2.75) is 43.7 Å². The second kappa shape index (κ2) is 11.5. The van der Waals surface area contributed by atoms with E-state index in [0.717, 1.165) is 45.7 Å². The van der Waals surface area contributed by atoms with Crippen LogP contribution in [0.15, 0.2) is 146 Å². The minimum Gasteiger partial charge on any atom is -0.333 e. The number of nitrogens with zero attached hydrogens (tertiary/aromatic N) is 4. The van der Waals surface area contributed by atoms with E-state index in [2.05, 4.69) is 163 Å². The first-order valence-electron chi connectivity index (χ1n) is 17.5. The van der Waals surface area contributed by atoms with Gasteiger partial charge in [-0.25, -0.2) is 0 Å². The van der Waals surface area contributed by atoms with Crippen molar-refractivity contribution >= 4 is 22.7 Å². The monoisotopic (exact) mass is 644 g/mol. The molecule has 0 saturated carbocycles. The third kappa shape index (κ3) is 4.42. The topological polar surface area (TPSA) is 54.1 Å². The summed E-state index contributed by atoms with van der Waals surface area (Å²) in [6.07, 6.45) is 14.5. The fourth-order valence-electron chi connectivity index (χ4n) is 9.16. The molecule has 4 aliphatic rings. The number of allylic oxidation sites excluding steroid dienone is 3. The summed E-state index contributed by atoms with van der Waals surface area (Å²) >= 11 is 0. The summed E-state index contributed by atoms with van der Waals surface area (Å²) in [5.41, 5.74) is 12.4. The molecule has 0 aromatic heterocycles. The second-order valence-electron chi connectivity index (χ2n) is 14.3. The number of para-hydroxylation sites is 3. The van der Waals surface area contributed by atoms with E-state index in [1.165, 1.54) is 16.8 Å². The predicted molar refractivity (Wildman–Crippen MR) is 203 cm³/mol. The number of hydrogen-bond acceptors (Lipinski definition) is 4. The van der Waals surface area contributed by atoms with Crippen LogP contribution in [0.4, 0.5) is 22.7 Å². The SMILES string of the molecule is CC1C=CC2N(c3ccccc3-c3ccc(-c4ccc(N5c6c(C#N)cccc6C6C=CC=CC65)cc4)c(C#N)c3)c3ccccc3C2(C)C1. The van der Waals surface area contributed by atoms with Crippen LogP contribution in [-0.4, -0.2) is 12.1 Å². The van der Waals surface area contributed by atoms with Crippen molar-refractivity contribution in [1.29, 1.82) is 10.5 Å². The Morgan fingerprint density at radius 3 is 2.22 bits per heavy atom. The first-order chi connectivity index (χ1) is 24.5. The van der Waals surface area contributed by atoms with Crippen molar-refractivity contribution in [3.8, 4) is 34.4 Å². The van der Waals surface area contributed by atoms with E-state index in [1.54, 1.807) is 0 Å². The maximum Gasteiger partial charge on any atom is 0.101 e. The molecule has 0 radical (unpaired) electrons. The van der Waals surface area contributed by atoms with Gasteiger partial charge in [0, 0.05) is 34.0 Å². The van der Waals surface area contributed by atoms with Gasteiger partial charge >= 0.3 is 0 Å². The number of hydrogen-bond donors (Lipinski definition) is 0. The Morgan fingerprint density at radius 1 is 0.660 bits per heavy atom. The highest BCUT2D eigenvalue weighted by atomic mass is 15.2. The third-order valence-corrected chi connectivity index (χ3v) is 11.3. The maximum absolute atomic E-state index is 10.5. The summed E-state index contributed by atoms with van der Waals surface area (Å²) in [6, 6.07) is 43.5. The van der Waals surface area contributed by atoms with Crippen LogP contribution in [0.1, 0.15) is 48.4 Å². The number of rotatable bonds is 4. The molecule has 0 fully saturated rings. The summed E-state index contributed by atoms with van der Waals surface area (Å²) in [7, 11) is 0. The van der Waals surface area contributed by atoms with Crippen LogP contribution in [-0.2, 0) is 5.41 Å². The van der Waals surface area contributed by atoms with E-state index in [-0.39, 0.29) is 23.4 Å². The summed E-state index contributed by atoms with van der Waals surface area (Å²) in [5, 5.41) is 20.5. The van der Waals surface area contributed by atoms with Crippen molar-refractivity contribution in [3.63, 3.8) is 0 Å². The van der Waals surface area contributed by atoms with Crippen LogP contribution in [0.25, 0.3) is 22.3 Å². The minimum atomic E-state index is 0.0178. The molecule has 0 N–H and O–H groups in total. The molecule has 5 unspecified atom stereocenters. The second-order valence-corrected chi connectivity index (χ2v) is 14.3. The first kappa shape index (κ1) is 30.0. The van der Waals surface area contributed by atoms with Gasteiger partial charge in [0.1, 0.15) is 6.07 Å². The molecule has 50 heavy (non-hydrogen) atoms. The van der Waals surface area contributed by atoms with Crippen LogP contribution in [0.3, 0.4) is 0 Å². The molecule has 2 aliphatic carbocycles. The van der Waals surface area contributed by atoms with Gasteiger partial charge in [0.2, 0.25) is 0 Å². The number of benzene rings is 5. The van der Waals surface area contributed by atoms with Gasteiger partial charge in [-0.2, -0.15) is 10.5 Å². The number of nitriles is 2. The molecule has 4 nitrogen and oxygen atoms in total. The van der Waals surface area contributed by atoms with Crippen molar-refractivity contribution in [3.05, 3.63) is 168 Å². The molecule has 9 rings (SSSR count). The molecule has 0 saturated heterocycles. The zero-order valence-corrected chi connectivity index (χ0v) is 28.2. The average Bonchev–Trinajstić information content (AvgIpc) is 3.64. The largest absolute Gasteiger partial charge is 0.333 e. The average molecular weight is 645 g/mol. The highest BCUT2D eigenvalue weighted by Crippen LogP contribution is 2.55. The summed E-state index contributed by atoms with van der Waals surface area (Å²) < 4.78 is 0. The smallest absolute Gasteiger partial charge is 0.101 e. The molecule has 5 atom stereocenters. The van der Waals surface area contributed by atoms with Crippen LogP contribution < -0.4 is 9.80 Å². The molecule has 5 aromatic rings. The van der Waals surface area contributed by atoms with Crippen molar-refractivity contribution in [1.82, 2.24) is 0 Å². The Bertz CT molecular complexity index is 2350. The molecule has 0 bridgehead atoms. The minimum absolute atomic E-state index is 0.0178. The van der Waals surface area contributed by atoms with Crippen molar-refractivity contribution in [2.75, 3.05) is 9.80 Å². The maximum atomic E-state index is 10.5. The van der Waals surface area contributed by atoms with Gasteiger partial charge < -0.3 is 9.80 Å². The van der Waals surface area contributed by atoms with Crippen LogP contribution >= 0.6 is 0 Å². The van der Waals surface area contributed by atoms with Crippen LogP contribution in [0, 0.1) is 28.6 Å². The molecule has 0 spiro atoms. The normalized spacial score (nSPS) is 23.8. The van der Waals surface area contributed by atoms with E-state index in [1.807, 2.05) is 18.2 Å². The Kier molecular flexibility index (Phi) is 6.90. The van der Waals surface area contributed by atoms with Gasteiger partial charge in [-0.05, 0) is 76.6 Å². The lowest BCUT2D eigenvalue weighted by Gasteiger charge is -2.40. The fraction of sp³-hybridized carbons (Fsp3) is 0.174. The lowest BCUT2D eigenvalue weighted by atomic mass is 9.69. The third-order valence-electron chi connectivity index (χ3n) is 11.3. The standard InChI is InChI=1S/C46H36N4/c1-30-18-25-44-46(2,27-30)40-14-5-8-17-43(40)50(44)41-15-6-3-11-37(41)32-21-24-36(34(26-32)29-48)31-19-22-35(23-20-31)49-42-16-7-4-12-38(42)39-13-9-10-33(28-47)45(39)49/h3-26,30,38,42,44H,27H2,1-2H3. The molecular formula is C46H36N4. The van der Waals surface area contributed by atoms with Gasteiger partial charge in [0.05, 0.1) is 35.0 Å². The Balaban J connectivity index is 1.08. The van der Waals surface area contributed by atoms with Gasteiger partial charge in [0.25, 0.3) is 0 Å². The van der Waals surface area contributed by atoms with E-state index in [0.29, 0.717) is 17.0 Å². The lowest BCUT2D eigenvalue weighted by Crippen LogP contribution is -2.42. The molecule has 0 amide bonds. The van der Waals surface area contributed by atoms with E-state index in [4.69, 9.17) is 0 Å². The highest BCUT2D eigenvalue weighted by molar-refractivity contribution is 5.88. The number of fused-ring (bicyclic) bond motifs is 6. The molecule has 5 aromatic carbocycles. The number of anilines is 4. The molecule has 2 heterocycles. The highest BCUT2D eigenvalue weighted by Gasteiger charge is 2.49. The lowest BCUT2D eigenvalue weighted by molar-refractivity contribution is 0.353. The van der Waals surface area contributed by atoms with Gasteiger partial charge in [0.15, 0.2) is 0 Å². The molecular weight excluding hydrogens is 609 g/mol. The van der Waals surface area contributed by atoms with E-state index >= 15 is 0 Å². The van der Waals surface area contributed by atoms with Gasteiger partial charge in [-0.15, -0.1) is 0 Å². The Morgan fingerprint density at radius 2 is 1.40 bits per heavy atom. The fourth-order valence-corrected chi connectivity index (χ4v) is 9.16. The molecule has 2 aliphatic heterocycles. The zero-order chi connectivity index (χ0) is 34.0. The zero-order valence-electron chi connectivity index (χ0n) is 28.2. The van der Waals surface area contributed by atoms with E-state index < -0.39 is 0 Å². The van der Waals surface area contributed by atoms with Crippen molar-refractivity contribution in [2.24, 2.45) is 5.92 Å². The van der Waals surface area contributed by atoms with Gasteiger partial charge in [-0.3, -0.25) is 0 Å². The summed E-state index contributed by atoms with van der Waals surface area (Å²) in [6.45, 7) is 4.73.